The number of aryl methyl sites for hydroxylation is 1. The first kappa shape index (κ1) is 19.7. The predicted octanol–water partition coefficient (Wildman–Crippen LogP) is 5.18. The quantitative estimate of drug-likeness (QED) is 0.580. The first-order chi connectivity index (χ1) is 13.0. The molecular weight excluding hydrogens is 348 g/mol. The van der Waals surface area contributed by atoms with Crippen LogP contribution in [0.15, 0.2) is 30.5 Å². The molecule has 0 spiro atoms. The van der Waals surface area contributed by atoms with Crippen molar-refractivity contribution in [1.29, 1.82) is 0 Å². The van der Waals surface area contributed by atoms with E-state index in [1.54, 1.807) is 6.20 Å². The highest BCUT2D eigenvalue weighted by Crippen LogP contribution is 2.30. The first-order valence-corrected chi connectivity index (χ1v) is 9.30. The van der Waals surface area contributed by atoms with Crippen LogP contribution in [-0.2, 0) is 10.8 Å². The molecule has 0 aliphatic heterocycles. The van der Waals surface area contributed by atoms with Crippen LogP contribution in [0.4, 0.5) is 5.69 Å². The molecule has 0 N–H and O–H groups in total. The van der Waals surface area contributed by atoms with Gasteiger partial charge in [-0.3, -0.25) is 0 Å². The lowest BCUT2D eigenvalue weighted by atomic mass is 9.93. The van der Waals surface area contributed by atoms with E-state index in [-0.39, 0.29) is 10.8 Å². The molecule has 0 saturated heterocycles. The van der Waals surface area contributed by atoms with E-state index in [4.69, 9.17) is 21.5 Å². The van der Waals surface area contributed by atoms with E-state index in [0.29, 0.717) is 11.5 Å². The second kappa shape index (κ2) is 6.83. The van der Waals surface area contributed by atoms with Gasteiger partial charge in [-0.15, -0.1) is 0 Å². The zero-order valence-electron chi connectivity index (χ0n) is 17.6. The molecule has 0 bridgehead atoms. The first-order valence-electron chi connectivity index (χ1n) is 9.30. The van der Waals surface area contributed by atoms with Gasteiger partial charge in [-0.05, 0) is 31.2 Å². The summed E-state index contributed by atoms with van der Waals surface area (Å²) >= 11 is 0. The fourth-order valence-corrected chi connectivity index (χ4v) is 2.73. The van der Waals surface area contributed by atoms with Crippen LogP contribution in [0.3, 0.4) is 0 Å². The maximum absolute atomic E-state index is 7.50. The maximum atomic E-state index is 7.50. The van der Waals surface area contributed by atoms with E-state index >= 15 is 0 Å². The second-order valence-electron chi connectivity index (χ2n) is 9.04. The third kappa shape index (κ3) is 3.94. The maximum Gasteiger partial charge on any atom is 0.190 e. The highest BCUT2D eigenvalue weighted by atomic mass is 15.3. The molecule has 28 heavy (non-hydrogen) atoms. The molecule has 2 aromatic heterocycles. The van der Waals surface area contributed by atoms with Crippen molar-refractivity contribution in [3.63, 3.8) is 0 Å². The minimum Gasteiger partial charge on any atom is -0.239 e. The molecule has 6 heteroatoms. The van der Waals surface area contributed by atoms with E-state index in [0.717, 1.165) is 28.6 Å². The lowest BCUT2D eigenvalue weighted by Gasteiger charge is -2.23. The Kier molecular flexibility index (Phi) is 4.80. The van der Waals surface area contributed by atoms with Gasteiger partial charge >= 0.3 is 0 Å². The minimum atomic E-state index is -0.212. The summed E-state index contributed by atoms with van der Waals surface area (Å²) in [4.78, 5) is 17.9. The molecule has 0 fully saturated rings. The van der Waals surface area contributed by atoms with Crippen molar-refractivity contribution in [2.24, 2.45) is 0 Å². The lowest BCUT2D eigenvalue weighted by Crippen LogP contribution is -2.24. The molecule has 1 aromatic carbocycles. The van der Waals surface area contributed by atoms with Gasteiger partial charge in [0.2, 0.25) is 0 Å². The predicted molar refractivity (Wildman–Crippen MR) is 111 cm³/mol. The third-order valence-corrected chi connectivity index (χ3v) is 4.34. The van der Waals surface area contributed by atoms with Crippen LogP contribution in [0.1, 0.15) is 58.9 Å². The molecular formula is C22H26N6. The van der Waals surface area contributed by atoms with Gasteiger partial charge in [-0.1, -0.05) is 41.5 Å². The Labute approximate surface area is 166 Å². The van der Waals surface area contributed by atoms with Crippen LogP contribution in [0.5, 0.6) is 0 Å². The summed E-state index contributed by atoms with van der Waals surface area (Å²) in [6.45, 7) is 22.0. The van der Waals surface area contributed by atoms with Crippen molar-refractivity contribution < 1.29 is 0 Å². The number of hydrogen-bond acceptors (Lipinski definition) is 4. The van der Waals surface area contributed by atoms with E-state index in [9.17, 15) is 0 Å². The normalized spacial score (nSPS) is 12.1. The van der Waals surface area contributed by atoms with Crippen molar-refractivity contribution in [3.8, 4) is 17.1 Å². The van der Waals surface area contributed by atoms with E-state index in [2.05, 4.69) is 51.5 Å². The summed E-state index contributed by atoms with van der Waals surface area (Å²) in [6, 6.07) is 7.56. The van der Waals surface area contributed by atoms with Gasteiger partial charge in [-0.2, -0.15) is 5.10 Å². The van der Waals surface area contributed by atoms with Crippen LogP contribution in [0, 0.1) is 13.5 Å². The molecule has 144 valence electrons. The fourth-order valence-electron chi connectivity index (χ4n) is 2.73. The second-order valence-corrected chi connectivity index (χ2v) is 9.04. The van der Waals surface area contributed by atoms with Crippen molar-refractivity contribution in [3.05, 3.63) is 59.2 Å². The van der Waals surface area contributed by atoms with E-state index in [1.165, 1.54) is 0 Å². The van der Waals surface area contributed by atoms with Gasteiger partial charge < -0.3 is 0 Å². The molecule has 2 heterocycles. The van der Waals surface area contributed by atoms with Gasteiger partial charge in [0.05, 0.1) is 12.3 Å². The molecule has 0 unspecified atom stereocenters. The standard InChI is InChI=1S/C22H26N6/c1-14-9-10-24-28(14)17-12-15(11-16(13-17)23-8)18-25-19(21(2,3)4)27-20(26-18)22(5,6)7/h9-13H,1-7H3. The molecule has 6 nitrogen and oxygen atoms in total. The van der Waals surface area contributed by atoms with Gasteiger partial charge in [0.1, 0.15) is 11.6 Å². The number of aromatic nitrogens is 5. The molecule has 3 rings (SSSR count). The van der Waals surface area contributed by atoms with E-state index < -0.39 is 0 Å². The molecule has 3 aromatic rings. The molecule has 0 saturated carbocycles. The SMILES string of the molecule is [C-]#[N+]c1cc(-c2nc(C(C)(C)C)nc(C(C)(C)C)n2)cc(-n2nccc2C)c1. The van der Waals surface area contributed by atoms with Crippen LogP contribution < -0.4 is 0 Å². The zero-order valence-corrected chi connectivity index (χ0v) is 17.6. The monoisotopic (exact) mass is 374 g/mol. The van der Waals surface area contributed by atoms with Gasteiger partial charge in [0.15, 0.2) is 11.5 Å². The van der Waals surface area contributed by atoms with Crippen LogP contribution in [0.25, 0.3) is 21.9 Å². The number of hydrogen-bond donors (Lipinski definition) is 0. The van der Waals surface area contributed by atoms with Crippen LogP contribution in [0.2, 0.25) is 0 Å². The molecule has 0 atom stereocenters. The lowest BCUT2D eigenvalue weighted by molar-refractivity contribution is 0.497. The van der Waals surface area contributed by atoms with Crippen molar-refractivity contribution in [2.45, 2.75) is 59.3 Å². The van der Waals surface area contributed by atoms with Gasteiger partial charge in [0.25, 0.3) is 0 Å². The Hall–Kier alpha value is -3.07. The largest absolute Gasteiger partial charge is 0.239 e. The number of nitrogens with zero attached hydrogens (tertiary/aromatic N) is 6. The highest BCUT2D eigenvalue weighted by molar-refractivity contribution is 5.68. The number of rotatable bonds is 2. The average molecular weight is 374 g/mol. The summed E-state index contributed by atoms with van der Waals surface area (Å²) < 4.78 is 1.81. The Morgan fingerprint density at radius 3 is 1.96 bits per heavy atom. The minimum absolute atomic E-state index is 0.212. The smallest absolute Gasteiger partial charge is 0.190 e. The highest BCUT2D eigenvalue weighted by Gasteiger charge is 2.25. The summed E-state index contributed by atoms with van der Waals surface area (Å²) in [5, 5.41) is 4.37. The fraction of sp³-hybridized carbons (Fsp3) is 0.409. The topological polar surface area (TPSA) is 60.9 Å². The number of benzene rings is 1. The Balaban J connectivity index is 2.26. The summed E-state index contributed by atoms with van der Waals surface area (Å²) in [7, 11) is 0. The van der Waals surface area contributed by atoms with Gasteiger partial charge in [-0.25, -0.2) is 24.5 Å². The Morgan fingerprint density at radius 1 is 0.893 bits per heavy atom. The van der Waals surface area contributed by atoms with Crippen LogP contribution in [-0.4, -0.2) is 24.7 Å². The summed E-state index contributed by atoms with van der Waals surface area (Å²) in [6.07, 6.45) is 1.75. The Morgan fingerprint density at radius 2 is 1.50 bits per heavy atom. The molecule has 0 aliphatic rings. The Bertz CT molecular complexity index is 1030. The zero-order chi connectivity index (χ0) is 20.7. The third-order valence-electron chi connectivity index (χ3n) is 4.34. The molecule has 0 aliphatic carbocycles. The van der Waals surface area contributed by atoms with E-state index in [1.807, 2.05) is 35.9 Å². The van der Waals surface area contributed by atoms with Crippen molar-refractivity contribution in [2.75, 3.05) is 0 Å². The molecule has 0 amide bonds. The van der Waals surface area contributed by atoms with Crippen molar-refractivity contribution in [1.82, 2.24) is 24.7 Å². The van der Waals surface area contributed by atoms with Crippen molar-refractivity contribution >= 4 is 5.69 Å². The summed E-state index contributed by atoms with van der Waals surface area (Å²) in [5.41, 5.74) is 2.71. The molecule has 0 radical (unpaired) electrons. The van der Waals surface area contributed by atoms with Crippen LogP contribution >= 0.6 is 0 Å². The van der Waals surface area contributed by atoms with Gasteiger partial charge in [0, 0.05) is 28.3 Å². The average Bonchev–Trinajstić information content (AvgIpc) is 3.05. The summed E-state index contributed by atoms with van der Waals surface area (Å²) in [5.74, 6) is 2.07.